The minimum Gasteiger partial charge on any atom is -0.383 e. The van der Waals surface area contributed by atoms with Gasteiger partial charge in [-0.15, -0.1) is 0 Å². The van der Waals surface area contributed by atoms with Crippen LogP contribution in [0.1, 0.15) is 24.2 Å². The lowest BCUT2D eigenvalue weighted by Crippen LogP contribution is -2.43. The van der Waals surface area contributed by atoms with Gasteiger partial charge in [0, 0.05) is 30.2 Å². The summed E-state index contributed by atoms with van der Waals surface area (Å²) in [6.45, 7) is 4.11. The fourth-order valence-corrected chi connectivity index (χ4v) is 3.18. The first-order chi connectivity index (χ1) is 13.1. The first kappa shape index (κ1) is 21.8. The van der Waals surface area contributed by atoms with E-state index in [0.29, 0.717) is 4.47 Å². The lowest BCUT2D eigenvalue weighted by molar-refractivity contribution is 0.0975. The number of nitrogen functional groups attached to an aromatic ring is 1. The van der Waals surface area contributed by atoms with Gasteiger partial charge in [-0.2, -0.15) is 0 Å². The van der Waals surface area contributed by atoms with E-state index in [-0.39, 0.29) is 42.7 Å². The molecule has 0 atom stereocenters. The zero-order chi connectivity index (χ0) is 21.0. The van der Waals surface area contributed by atoms with E-state index in [9.17, 15) is 18.8 Å². The van der Waals surface area contributed by atoms with Crippen LogP contribution in [0.2, 0.25) is 0 Å². The Hall–Kier alpha value is -2.46. The standard InChI is InChI=1S/C18H22BrFN4O4/c1-10(2)9-24-15(21)14(16(25)22-18(24)27)23(4-5-28-3)17(26)11-6-12(19)8-13(20)7-11/h6-8,10H,4-5,9,21H2,1-3H3,(H,22,25,27). The van der Waals surface area contributed by atoms with Crippen molar-refractivity contribution in [1.29, 1.82) is 0 Å². The summed E-state index contributed by atoms with van der Waals surface area (Å²) in [7, 11) is 1.44. The molecule has 8 nitrogen and oxygen atoms in total. The molecule has 1 heterocycles. The number of nitrogens with one attached hydrogen (secondary N) is 1. The molecule has 0 unspecified atom stereocenters. The number of aromatic nitrogens is 2. The SMILES string of the molecule is COCCN(C(=O)c1cc(F)cc(Br)c1)c1c(N)n(CC(C)C)c(=O)[nH]c1=O. The van der Waals surface area contributed by atoms with Crippen LogP contribution in [0.15, 0.2) is 32.3 Å². The van der Waals surface area contributed by atoms with Gasteiger partial charge >= 0.3 is 5.69 Å². The number of methoxy groups -OCH3 is 1. The van der Waals surface area contributed by atoms with Crippen molar-refractivity contribution in [2.24, 2.45) is 5.92 Å². The molecule has 0 aliphatic heterocycles. The molecule has 0 saturated heterocycles. The number of amides is 1. The van der Waals surface area contributed by atoms with Crippen molar-refractivity contribution in [2.45, 2.75) is 20.4 Å². The van der Waals surface area contributed by atoms with Crippen molar-refractivity contribution in [1.82, 2.24) is 9.55 Å². The molecular weight excluding hydrogens is 435 g/mol. The molecule has 0 saturated carbocycles. The number of ether oxygens (including phenoxy) is 1. The van der Waals surface area contributed by atoms with Crippen molar-refractivity contribution in [3.8, 4) is 0 Å². The lowest BCUT2D eigenvalue weighted by Gasteiger charge is -2.25. The third-order valence-corrected chi connectivity index (χ3v) is 4.36. The summed E-state index contributed by atoms with van der Waals surface area (Å²) in [5.74, 6) is -1.33. The highest BCUT2D eigenvalue weighted by Gasteiger charge is 2.26. The van der Waals surface area contributed by atoms with E-state index in [4.69, 9.17) is 10.5 Å². The van der Waals surface area contributed by atoms with Crippen molar-refractivity contribution in [2.75, 3.05) is 30.9 Å². The molecule has 1 aromatic carbocycles. The number of carbonyl (C=O) groups excluding carboxylic acids is 1. The fourth-order valence-electron chi connectivity index (χ4n) is 2.72. The van der Waals surface area contributed by atoms with E-state index in [1.54, 1.807) is 0 Å². The molecule has 0 fully saturated rings. The summed E-state index contributed by atoms with van der Waals surface area (Å²) in [5, 5.41) is 0. The molecular formula is C18H22BrFN4O4. The minimum absolute atomic E-state index is 0.0170. The maximum Gasteiger partial charge on any atom is 0.330 e. The Labute approximate surface area is 169 Å². The third-order valence-electron chi connectivity index (χ3n) is 3.91. The highest BCUT2D eigenvalue weighted by atomic mass is 79.9. The van der Waals surface area contributed by atoms with E-state index in [1.165, 1.54) is 23.8 Å². The Morgan fingerprint density at radius 1 is 1.36 bits per heavy atom. The average molecular weight is 457 g/mol. The smallest absolute Gasteiger partial charge is 0.330 e. The monoisotopic (exact) mass is 456 g/mol. The first-order valence-electron chi connectivity index (χ1n) is 8.55. The van der Waals surface area contributed by atoms with E-state index in [1.807, 2.05) is 13.8 Å². The molecule has 2 rings (SSSR count). The zero-order valence-electron chi connectivity index (χ0n) is 15.8. The zero-order valence-corrected chi connectivity index (χ0v) is 17.4. The lowest BCUT2D eigenvalue weighted by atomic mass is 10.1. The van der Waals surface area contributed by atoms with E-state index < -0.39 is 23.0 Å². The number of hydrogen-bond donors (Lipinski definition) is 2. The number of rotatable bonds is 7. The molecule has 0 spiro atoms. The predicted molar refractivity (Wildman–Crippen MR) is 108 cm³/mol. The van der Waals surface area contributed by atoms with Gasteiger partial charge in [-0.3, -0.25) is 24.0 Å². The molecule has 0 bridgehead atoms. The van der Waals surface area contributed by atoms with Gasteiger partial charge in [0.15, 0.2) is 5.69 Å². The summed E-state index contributed by atoms with van der Waals surface area (Å²) in [5.41, 5.74) is 4.48. The van der Waals surface area contributed by atoms with Gasteiger partial charge in [0.2, 0.25) is 0 Å². The number of anilines is 2. The van der Waals surface area contributed by atoms with Crippen LogP contribution in [0.5, 0.6) is 0 Å². The van der Waals surface area contributed by atoms with E-state index in [0.717, 1.165) is 11.0 Å². The van der Waals surface area contributed by atoms with Crippen LogP contribution < -0.4 is 21.9 Å². The molecule has 10 heteroatoms. The Bertz CT molecular complexity index is 966. The molecule has 0 aliphatic rings. The van der Waals surface area contributed by atoms with Crippen LogP contribution >= 0.6 is 15.9 Å². The van der Waals surface area contributed by atoms with Gasteiger partial charge in [0.1, 0.15) is 11.6 Å². The van der Waals surface area contributed by atoms with Gasteiger partial charge in [0.25, 0.3) is 11.5 Å². The van der Waals surface area contributed by atoms with Crippen LogP contribution in [-0.4, -0.2) is 35.7 Å². The van der Waals surface area contributed by atoms with E-state index >= 15 is 0 Å². The summed E-state index contributed by atoms with van der Waals surface area (Å²) < 4.78 is 20.4. The molecule has 0 aliphatic carbocycles. The number of benzene rings is 1. The van der Waals surface area contributed by atoms with Gasteiger partial charge in [-0.25, -0.2) is 9.18 Å². The van der Waals surface area contributed by atoms with Gasteiger partial charge in [-0.05, 0) is 24.1 Å². The van der Waals surface area contributed by atoms with Crippen LogP contribution in [0.3, 0.4) is 0 Å². The maximum atomic E-state index is 13.8. The largest absolute Gasteiger partial charge is 0.383 e. The number of halogens is 2. The van der Waals surface area contributed by atoms with Gasteiger partial charge < -0.3 is 10.5 Å². The van der Waals surface area contributed by atoms with Crippen LogP contribution in [0, 0.1) is 11.7 Å². The summed E-state index contributed by atoms with van der Waals surface area (Å²) in [4.78, 5) is 41.0. The first-order valence-corrected chi connectivity index (χ1v) is 9.34. The van der Waals surface area contributed by atoms with Gasteiger partial charge in [-0.1, -0.05) is 29.8 Å². The molecule has 3 N–H and O–H groups in total. The second-order valence-corrected chi connectivity index (χ2v) is 7.52. The van der Waals surface area contributed by atoms with Crippen molar-refractivity contribution < 1.29 is 13.9 Å². The Morgan fingerprint density at radius 2 is 2.04 bits per heavy atom. The number of hydrogen-bond acceptors (Lipinski definition) is 5. The predicted octanol–water partition coefficient (Wildman–Crippen LogP) is 1.97. The number of aromatic amines is 1. The average Bonchev–Trinajstić information content (AvgIpc) is 2.59. The quantitative estimate of drug-likeness (QED) is 0.661. The van der Waals surface area contributed by atoms with E-state index in [2.05, 4.69) is 20.9 Å². The summed E-state index contributed by atoms with van der Waals surface area (Å²) in [6, 6.07) is 3.70. The molecule has 1 amide bonds. The number of nitrogens with zero attached hydrogens (tertiary/aromatic N) is 2. The minimum atomic E-state index is -0.803. The van der Waals surface area contributed by atoms with Crippen molar-refractivity contribution in [3.05, 3.63) is 54.9 Å². The van der Waals surface area contributed by atoms with Crippen molar-refractivity contribution in [3.63, 3.8) is 0 Å². The van der Waals surface area contributed by atoms with Crippen molar-refractivity contribution >= 4 is 33.3 Å². The Kier molecular flexibility index (Phi) is 7.14. The normalized spacial score (nSPS) is 11.1. The fraction of sp³-hybridized carbons (Fsp3) is 0.389. The number of H-pyrrole nitrogens is 1. The molecule has 152 valence electrons. The molecule has 28 heavy (non-hydrogen) atoms. The number of nitrogens with two attached hydrogens (primary N) is 1. The highest BCUT2D eigenvalue weighted by molar-refractivity contribution is 9.10. The second-order valence-electron chi connectivity index (χ2n) is 6.61. The van der Waals surface area contributed by atoms with Crippen LogP contribution in [0.4, 0.5) is 15.9 Å². The molecule has 1 aromatic heterocycles. The van der Waals surface area contributed by atoms with Crippen LogP contribution in [-0.2, 0) is 11.3 Å². The summed E-state index contributed by atoms with van der Waals surface area (Å²) in [6.07, 6.45) is 0. The molecule has 2 aromatic rings. The summed E-state index contributed by atoms with van der Waals surface area (Å²) >= 11 is 3.14. The Balaban J connectivity index is 2.64. The number of carbonyl (C=O) groups is 1. The maximum absolute atomic E-state index is 13.8. The molecule has 0 radical (unpaired) electrons. The topological polar surface area (TPSA) is 110 Å². The van der Waals surface area contributed by atoms with Crippen LogP contribution in [0.25, 0.3) is 0 Å². The Morgan fingerprint density at radius 3 is 2.61 bits per heavy atom. The second kappa shape index (κ2) is 9.16. The highest BCUT2D eigenvalue weighted by Crippen LogP contribution is 2.22. The third kappa shape index (κ3) is 4.87. The van der Waals surface area contributed by atoms with Gasteiger partial charge in [0.05, 0.1) is 6.61 Å².